The van der Waals surface area contributed by atoms with Crippen LogP contribution in [-0.4, -0.2) is 5.38 Å². The van der Waals surface area contributed by atoms with Crippen molar-refractivity contribution in [1.82, 2.24) is 0 Å². The van der Waals surface area contributed by atoms with Crippen LogP contribution in [0.4, 0.5) is 0 Å². The molecule has 0 aliphatic rings. The van der Waals surface area contributed by atoms with Gasteiger partial charge in [0.05, 0.1) is 0 Å². The maximum Gasteiger partial charge on any atom is 0.0402 e. The lowest BCUT2D eigenvalue weighted by atomic mass is 9.87. The van der Waals surface area contributed by atoms with Gasteiger partial charge in [0.15, 0.2) is 0 Å². The van der Waals surface area contributed by atoms with E-state index in [-0.39, 0.29) is 5.38 Å². The predicted octanol–water partition coefficient (Wildman–Crippen LogP) is 4.83. The SMILES string of the molecule is CCC(Cl)C(CC(C)C)c1ccccc1. The Morgan fingerprint density at radius 3 is 2.20 bits per heavy atom. The molecular formula is C14H21Cl. The lowest BCUT2D eigenvalue weighted by Gasteiger charge is -2.23. The summed E-state index contributed by atoms with van der Waals surface area (Å²) in [5.74, 6) is 1.20. The average Bonchev–Trinajstić information content (AvgIpc) is 2.26. The molecule has 0 radical (unpaired) electrons. The molecule has 0 bridgehead atoms. The first-order valence-electron chi connectivity index (χ1n) is 5.84. The number of halogens is 1. The molecular weight excluding hydrogens is 204 g/mol. The van der Waals surface area contributed by atoms with Gasteiger partial charge in [-0.25, -0.2) is 0 Å². The minimum absolute atomic E-state index is 0.259. The van der Waals surface area contributed by atoms with E-state index in [1.165, 1.54) is 12.0 Å². The second-order valence-corrected chi connectivity index (χ2v) is 5.13. The summed E-state index contributed by atoms with van der Waals surface area (Å²) in [5.41, 5.74) is 1.38. The summed E-state index contributed by atoms with van der Waals surface area (Å²) >= 11 is 6.41. The van der Waals surface area contributed by atoms with Crippen LogP contribution in [0.15, 0.2) is 30.3 Å². The number of benzene rings is 1. The number of hydrogen-bond acceptors (Lipinski definition) is 0. The second-order valence-electron chi connectivity index (χ2n) is 4.57. The molecule has 0 aliphatic carbocycles. The molecule has 1 aromatic rings. The minimum Gasteiger partial charge on any atom is -0.122 e. The summed E-state index contributed by atoms with van der Waals surface area (Å²) in [6.45, 7) is 6.68. The van der Waals surface area contributed by atoms with Gasteiger partial charge in [0.2, 0.25) is 0 Å². The maximum atomic E-state index is 6.41. The highest BCUT2D eigenvalue weighted by Gasteiger charge is 2.20. The van der Waals surface area contributed by atoms with Crippen LogP contribution in [-0.2, 0) is 0 Å². The molecule has 1 heteroatoms. The summed E-state index contributed by atoms with van der Waals surface area (Å²) in [7, 11) is 0. The summed E-state index contributed by atoms with van der Waals surface area (Å²) in [4.78, 5) is 0. The molecule has 0 nitrogen and oxygen atoms in total. The highest BCUT2D eigenvalue weighted by atomic mass is 35.5. The van der Waals surface area contributed by atoms with Gasteiger partial charge in [-0.3, -0.25) is 0 Å². The topological polar surface area (TPSA) is 0 Å². The number of alkyl halides is 1. The van der Waals surface area contributed by atoms with E-state index in [4.69, 9.17) is 11.6 Å². The lowest BCUT2D eigenvalue weighted by molar-refractivity contribution is 0.477. The summed E-state index contributed by atoms with van der Waals surface area (Å²) in [6.07, 6.45) is 2.21. The molecule has 0 heterocycles. The van der Waals surface area contributed by atoms with Crippen LogP contribution in [0.3, 0.4) is 0 Å². The van der Waals surface area contributed by atoms with Crippen molar-refractivity contribution in [2.24, 2.45) is 5.92 Å². The highest BCUT2D eigenvalue weighted by Crippen LogP contribution is 2.31. The molecule has 0 amide bonds. The average molecular weight is 225 g/mol. The third kappa shape index (κ3) is 3.87. The van der Waals surface area contributed by atoms with Crippen molar-refractivity contribution in [3.05, 3.63) is 35.9 Å². The molecule has 84 valence electrons. The third-order valence-corrected chi connectivity index (χ3v) is 3.39. The van der Waals surface area contributed by atoms with E-state index >= 15 is 0 Å². The van der Waals surface area contributed by atoms with Crippen LogP contribution >= 0.6 is 11.6 Å². The largest absolute Gasteiger partial charge is 0.122 e. The monoisotopic (exact) mass is 224 g/mol. The fourth-order valence-electron chi connectivity index (χ4n) is 1.99. The Kier molecular flexibility index (Phi) is 5.17. The van der Waals surface area contributed by atoms with Crippen molar-refractivity contribution in [1.29, 1.82) is 0 Å². The Labute approximate surface area is 98.7 Å². The molecule has 0 aromatic heterocycles. The molecule has 15 heavy (non-hydrogen) atoms. The Hall–Kier alpha value is -0.490. The maximum absolute atomic E-state index is 6.41. The van der Waals surface area contributed by atoms with E-state index in [1.807, 2.05) is 0 Å². The Bertz CT molecular complexity index is 266. The van der Waals surface area contributed by atoms with E-state index in [0.717, 1.165) is 6.42 Å². The van der Waals surface area contributed by atoms with Gasteiger partial charge in [0.1, 0.15) is 0 Å². The molecule has 0 fully saturated rings. The normalized spacial score (nSPS) is 15.3. The lowest BCUT2D eigenvalue weighted by Crippen LogP contribution is -2.14. The van der Waals surface area contributed by atoms with Crippen LogP contribution < -0.4 is 0 Å². The predicted molar refractivity (Wildman–Crippen MR) is 68.6 cm³/mol. The number of rotatable bonds is 5. The zero-order valence-electron chi connectivity index (χ0n) is 9.91. The molecule has 2 unspecified atom stereocenters. The molecule has 0 saturated carbocycles. The quantitative estimate of drug-likeness (QED) is 0.629. The molecule has 1 rings (SSSR count). The molecule has 2 atom stereocenters. The standard InChI is InChI=1S/C14H21Cl/c1-4-14(15)13(10-11(2)3)12-8-6-5-7-9-12/h5-9,11,13-14H,4,10H2,1-3H3. The van der Waals surface area contributed by atoms with Gasteiger partial charge in [-0.05, 0) is 24.3 Å². The number of hydrogen-bond donors (Lipinski definition) is 0. The molecule has 0 N–H and O–H groups in total. The Balaban J connectivity index is 2.81. The van der Waals surface area contributed by atoms with Crippen molar-refractivity contribution < 1.29 is 0 Å². The minimum atomic E-state index is 0.259. The fraction of sp³-hybridized carbons (Fsp3) is 0.571. The summed E-state index contributed by atoms with van der Waals surface area (Å²) in [5, 5.41) is 0.259. The van der Waals surface area contributed by atoms with Crippen LogP contribution in [0.1, 0.15) is 45.1 Å². The van der Waals surface area contributed by atoms with Gasteiger partial charge in [-0.15, -0.1) is 11.6 Å². The Morgan fingerprint density at radius 1 is 1.13 bits per heavy atom. The second kappa shape index (κ2) is 6.17. The van der Waals surface area contributed by atoms with Gasteiger partial charge < -0.3 is 0 Å². The van der Waals surface area contributed by atoms with E-state index < -0.39 is 0 Å². The molecule has 1 aromatic carbocycles. The first kappa shape index (κ1) is 12.6. The first-order valence-corrected chi connectivity index (χ1v) is 6.27. The fourth-order valence-corrected chi connectivity index (χ4v) is 2.23. The van der Waals surface area contributed by atoms with E-state index in [0.29, 0.717) is 11.8 Å². The van der Waals surface area contributed by atoms with Crippen LogP contribution in [0, 0.1) is 5.92 Å². The first-order chi connectivity index (χ1) is 7.15. The van der Waals surface area contributed by atoms with Crippen molar-refractivity contribution in [3.8, 4) is 0 Å². The zero-order chi connectivity index (χ0) is 11.3. The molecule has 0 spiro atoms. The van der Waals surface area contributed by atoms with Crippen molar-refractivity contribution in [3.63, 3.8) is 0 Å². The van der Waals surface area contributed by atoms with Gasteiger partial charge >= 0.3 is 0 Å². The van der Waals surface area contributed by atoms with Crippen molar-refractivity contribution in [2.75, 3.05) is 0 Å². The Morgan fingerprint density at radius 2 is 1.73 bits per heavy atom. The van der Waals surface area contributed by atoms with Crippen molar-refractivity contribution >= 4 is 11.6 Å². The zero-order valence-corrected chi connectivity index (χ0v) is 10.7. The molecule has 0 aliphatic heterocycles. The van der Waals surface area contributed by atoms with E-state index in [9.17, 15) is 0 Å². The smallest absolute Gasteiger partial charge is 0.0402 e. The van der Waals surface area contributed by atoms with Gasteiger partial charge in [-0.1, -0.05) is 51.1 Å². The van der Waals surface area contributed by atoms with E-state index in [1.54, 1.807) is 0 Å². The van der Waals surface area contributed by atoms with Crippen molar-refractivity contribution in [2.45, 2.75) is 44.9 Å². The van der Waals surface area contributed by atoms with Gasteiger partial charge in [-0.2, -0.15) is 0 Å². The van der Waals surface area contributed by atoms with Crippen LogP contribution in [0.25, 0.3) is 0 Å². The highest BCUT2D eigenvalue weighted by molar-refractivity contribution is 6.21. The van der Waals surface area contributed by atoms with Gasteiger partial charge in [0.25, 0.3) is 0 Å². The molecule has 0 saturated heterocycles. The summed E-state index contributed by atoms with van der Waals surface area (Å²) in [6, 6.07) is 10.6. The third-order valence-electron chi connectivity index (χ3n) is 2.78. The van der Waals surface area contributed by atoms with Crippen LogP contribution in [0.5, 0.6) is 0 Å². The summed E-state index contributed by atoms with van der Waals surface area (Å²) < 4.78 is 0. The van der Waals surface area contributed by atoms with E-state index in [2.05, 4.69) is 51.1 Å². The van der Waals surface area contributed by atoms with Gasteiger partial charge in [0, 0.05) is 11.3 Å². The van der Waals surface area contributed by atoms with Crippen LogP contribution in [0.2, 0.25) is 0 Å².